The van der Waals surface area contributed by atoms with Crippen LogP contribution in [0.2, 0.25) is 0 Å². The highest BCUT2D eigenvalue weighted by atomic mass is 19.1. The van der Waals surface area contributed by atoms with Gasteiger partial charge >= 0.3 is 0 Å². The Balaban J connectivity index is 3.04. The van der Waals surface area contributed by atoms with E-state index >= 15 is 0 Å². The zero-order chi connectivity index (χ0) is 11.3. The number of hydrazine groups is 1. The first-order valence-corrected chi connectivity index (χ1v) is 3.99. The summed E-state index contributed by atoms with van der Waals surface area (Å²) in [7, 11) is 0. The largest absolute Gasteiger partial charge is 0.290 e. The zero-order valence-electron chi connectivity index (χ0n) is 7.64. The summed E-state index contributed by atoms with van der Waals surface area (Å²) < 4.78 is 13.1. The number of nitrogens with one attached hydrogen (secondary N) is 1. The SMILES string of the molecule is [N-]=[N+]=NCc1cc(C(=O)NN)ccc1F. The lowest BCUT2D eigenvalue weighted by Crippen LogP contribution is -2.30. The molecule has 0 aliphatic heterocycles. The van der Waals surface area contributed by atoms with Crippen LogP contribution in [-0.4, -0.2) is 5.91 Å². The number of carbonyl (C=O) groups is 1. The van der Waals surface area contributed by atoms with E-state index in [9.17, 15) is 9.18 Å². The maximum atomic E-state index is 13.1. The van der Waals surface area contributed by atoms with Crippen molar-refractivity contribution in [1.82, 2.24) is 5.43 Å². The van der Waals surface area contributed by atoms with Crippen LogP contribution in [0.4, 0.5) is 4.39 Å². The molecule has 78 valence electrons. The van der Waals surface area contributed by atoms with E-state index in [0.717, 1.165) is 6.07 Å². The molecule has 0 bridgehead atoms. The second kappa shape index (κ2) is 4.94. The van der Waals surface area contributed by atoms with Gasteiger partial charge in [-0.2, -0.15) is 0 Å². The van der Waals surface area contributed by atoms with Crippen LogP contribution in [-0.2, 0) is 6.54 Å². The van der Waals surface area contributed by atoms with Gasteiger partial charge in [-0.25, -0.2) is 10.2 Å². The fraction of sp³-hybridized carbons (Fsp3) is 0.125. The van der Waals surface area contributed by atoms with Crippen LogP contribution in [0.1, 0.15) is 15.9 Å². The predicted molar refractivity (Wildman–Crippen MR) is 50.9 cm³/mol. The average Bonchev–Trinajstić information content (AvgIpc) is 2.27. The molecule has 1 amide bonds. The fourth-order valence-corrected chi connectivity index (χ4v) is 1.03. The number of halogens is 1. The van der Waals surface area contributed by atoms with Crippen molar-refractivity contribution in [2.45, 2.75) is 6.54 Å². The van der Waals surface area contributed by atoms with E-state index < -0.39 is 11.7 Å². The number of nitrogens with zero attached hydrogens (tertiary/aromatic N) is 3. The molecule has 3 N–H and O–H groups in total. The molecule has 15 heavy (non-hydrogen) atoms. The minimum Gasteiger partial charge on any atom is -0.290 e. The van der Waals surface area contributed by atoms with Gasteiger partial charge in [0.15, 0.2) is 0 Å². The maximum absolute atomic E-state index is 13.1. The number of amides is 1. The Labute approximate surface area is 84.5 Å². The molecule has 0 aliphatic carbocycles. The summed E-state index contributed by atoms with van der Waals surface area (Å²) in [5, 5.41) is 3.21. The van der Waals surface area contributed by atoms with E-state index in [0.29, 0.717) is 0 Å². The van der Waals surface area contributed by atoms with Gasteiger partial charge in [-0.15, -0.1) is 0 Å². The Hall–Kier alpha value is -2.11. The monoisotopic (exact) mass is 209 g/mol. The summed E-state index contributed by atoms with van der Waals surface area (Å²) in [6.45, 7) is -0.145. The average molecular weight is 209 g/mol. The summed E-state index contributed by atoms with van der Waals surface area (Å²) >= 11 is 0. The molecule has 0 spiro atoms. The molecule has 1 aromatic rings. The second-order valence-corrected chi connectivity index (χ2v) is 2.67. The van der Waals surface area contributed by atoms with Gasteiger partial charge in [0.25, 0.3) is 5.91 Å². The second-order valence-electron chi connectivity index (χ2n) is 2.67. The van der Waals surface area contributed by atoms with Crippen molar-refractivity contribution >= 4 is 5.91 Å². The Kier molecular flexibility index (Phi) is 3.61. The molecule has 0 unspecified atom stereocenters. The summed E-state index contributed by atoms with van der Waals surface area (Å²) in [6, 6.07) is 3.69. The molecule has 0 saturated heterocycles. The first kappa shape index (κ1) is 11.0. The van der Waals surface area contributed by atoms with Crippen molar-refractivity contribution in [3.05, 3.63) is 45.6 Å². The molecular weight excluding hydrogens is 201 g/mol. The van der Waals surface area contributed by atoms with Crippen molar-refractivity contribution in [2.75, 3.05) is 0 Å². The Morgan fingerprint density at radius 3 is 3.00 bits per heavy atom. The lowest BCUT2D eigenvalue weighted by Gasteiger charge is -2.03. The van der Waals surface area contributed by atoms with Crippen LogP contribution in [0.15, 0.2) is 23.3 Å². The Morgan fingerprint density at radius 1 is 1.67 bits per heavy atom. The van der Waals surface area contributed by atoms with E-state index in [-0.39, 0.29) is 17.7 Å². The Bertz CT molecular complexity index is 427. The molecule has 0 heterocycles. The van der Waals surface area contributed by atoms with Gasteiger partial charge in [-0.3, -0.25) is 10.2 Å². The molecule has 0 aromatic heterocycles. The Morgan fingerprint density at radius 2 is 2.40 bits per heavy atom. The molecule has 6 nitrogen and oxygen atoms in total. The topological polar surface area (TPSA) is 104 Å². The molecule has 0 radical (unpaired) electrons. The smallest absolute Gasteiger partial charge is 0.265 e. The minimum absolute atomic E-state index is 0.145. The van der Waals surface area contributed by atoms with E-state index in [1.807, 2.05) is 5.43 Å². The number of benzene rings is 1. The van der Waals surface area contributed by atoms with Crippen molar-refractivity contribution in [3.63, 3.8) is 0 Å². The number of hydrogen-bond donors (Lipinski definition) is 2. The van der Waals surface area contributed by atoms with Crippen molar-refractivity contribution in [2.24, 2.45) is 11.0 Å². The zero-order valence-corrected chi connectivity index (χ0v) is 7.64. The highest BCUT2D eigenvalue weighted by molar-refractivity contribution is 5.93. The summed E-state index contributed by atoms with van der Waals surface area (Å²) in [6.07, 6.45) is 0. The molecule has 0 atom stereocenters. The quantitative estimate of drug-likeness (QED) is 0.195. The van der Waals surface area contributed by atoms with Crippen molar-refractivity contribution < 1.29 is 9.18 Å². The number of carbonyl (C=O) groups excluding carboxylic acids is 1. The van der Waals surface area contributed by atoms with Crippen LogP contribution in [0.3, 0.4) is 0 Å². The number of nitrogen functional groups attached to an aromatic ring is 1. The van der Waals surface area contributed by atoms with Crippen LogP contribution in [0.5, 0.6) is 0 Å². The molecule has 7 heteroatoms. The maximum Gasteiger partial charge on any atom is 0.265 e. The van der Waals surface area contributed by atoms with E-state index in [4.69, 9.17) is 11.4 Å². The van der Waals surface area contributed by atoms with Crippen molar-refractivity contribution in [1.29, 1.82) is 0 Å². The lowest BCUT2D eigenvalue weighted by atomic mass is 10.1. The van der Waals surface area contributed by atoms with Crippen molar-refractivity contribution in [3.8, 4) is 0 Å². The number of azide groups is 1. The first-order chi connectivity index (χ1) is 7.19. The molecule has 0 aliphatic rings. The molecule has 1 aromatic carbocycles. The number of hydrogen-bond acceptors (Lipinski definition) is 3. The van der Waals surface area contributed by atoms with Crippen LogP contribution < -0.4 is 11.3 Å². The third kappa shape index (κ3) is 2.67. The van der Waals surface area contributed by atoms with E-state index in [1.54, 1.807) is 0 Å². The summed E-state index contributed by atoms with van der Waals surface area (Å²) in [5.41, 5.74) is 10.4. The van der Waals surface area contributed by atoms with Gasteiger partial charge in [-0.1, -0.05) is 5.11 Å². The van der Waals surface area contributed by atoms with E-state index in [1.165, 1.54) is 12.1 Å². The van der Waals surface area contributed by atoms with Crippen LogP contribution in [0, 0.1) is 5.82 Å². The molecule has 1 rings (SSSR count). The van der Waals surface area contributed by atoms with Gasteiger partial charge in [-0.05, 0) is 29.3 Å². The summed E-state index contributed by atoms with van der Waals surface area (Å²) in [5.74, 6) is 3.86. The molecular formula is C8H8FN5O. The van der Waals surface area contributed by atoms with Gasteiger partial charge in [0.05, 0.1) is 6.54 Å². The van der Waals surface area contributed by atoms with Gasteiger partial charge in [0.2, 0.25) is 0 Å². The van der Waals surface area contributed by atoms with Crippen LogP contribution in [0.25, 0.3) is 10.4 Å². The minimum atomic E-state index is -0.532. The molecule has 0 saturated carbocycles. The number of rotatable bonds is 3. The molecule has 0 fully saturated rings. The van der Waals surface area contributed by atoms with Crippen LogP contribution >= 0.6 is 0 Å². The summed E-state index contributed by atoms with van der Waals surface area (Å²) in [4.78, 5) is 13.6. The third-order valence-corrected chi connectivity index (χ3v) is 1.74. The highest BCUT2D eigenvalue weighted by Crippen LogP contribution is 2.11. The van der Waals surface area contributed by atoms with E-state index in [2.05, 4.69) is 10.0 Å². The standard InChI is InChI=1S/C8H8FN5O/c9-7-2-1-5(8(15)13-10)3-6(7)4-12-14-11/h1-3H,4,10H2,(H,13,15). The van der Waals surface area contributed by atoms with Gasteiger partial charge in [0, 0.05) is 10.5 Å². The fourth-order valence-electron chi connectivity index (χ4n) is 1.03. The third-order valence-electron chi connectivity index (χ3n) is 1.74. The normalized spacial score (nSPS) is 9.20. The van der Waals surface area contributed by atoms with Gasteiger partial charge < -0.3 is 0 Å². The van der Waals surface area contributed by atoms with Gasteiger partial charge in [0.1, 0.15) is 5.82 Å². The lowest BCUT2D eigenvalue weighted by molar-refractivity contribution is 0.0953. The highest BCUT2D eigenvalue weighted by Gasteiger charge is 2.07. The first-order valence-electron chi connectivity index (χ1n) is 3.99. The predicted octanol–water partition coefficient (Wildman–Crippen LogP) is 1.24. The number of nitrogens with two attached hydrogens (primary N) is 1.